The molecule has 7 rings (SSSR count). The number of furan rings is 1. The molecule has 0 amide bonds. The fourth-order valence-corrected chi connectivity index (χ4v) is 5.49. The maximum absolute atomic E-state index is 7.80. The van der Waals surface area contributed by atoms with E-state index in [9.17, 15) is 0 Å². The third-order valence-electron chi connectivity index (χ3n) is 6.29. The van der Waals surface area contributed by atoms with Crippen LogP contribution < -0.4 is 0 Å². The molecule has 0 aliphatic heterocycles. The van der Waals surface area contributed by atoms with Gasteiger partial charge >= 0.3 is 0 Å². The van der Waals surface area contributed by atoms with Crippen LogP contribution in [0.3, 0.4) is 0 Å². The van der Waals surface area contributed by atoms with Crippen LogP contribution in [-0.2, 0) is 20.1 Å². The van der Waals surface area contributed by atoms with E-state index in [-0.39, 0.29) is 31.2 Å². The van der Waals surface area contributed by atoms with E-state index in [1.165, 1.54) is 22.7 Å². The molecule has 4 heterocycles. The summed E-state index contributed by atoms with van der Waals surface area (Å²) in [7, 11) is 0. The monoisotopic (exact) mass is 708 g/mol. The van der Waals surface area contributed by atoms with E-state index < -0.39 is 13.7 Å². The molecule has 0 unspecified atom stereocenters. The summed E-state index contributed by atoms with van der Waals surface area (Å²) in [6.07, 6.45) is 3.11. The quantitative estimate of drug-likeness (QED) is 0.168. The largest absolute Gasteiger partial charge is 0.501 e. The first-order valence-electron chi connectivity index (χ1n) is 14.8. The van der Waals surface area contributed by atoms with Crippen LogP contribution in [0.5, 0.6) is 0 Å². The Labute approximate surface area is 252 Å². The van der Waals surface area contributed by atoms with Gasteiger partial charge in [0.2, 0.25) is 0 Å². The Morgan fingerprint density at radius 3 is 2.54 bits per heavy atom. The van der Waals surface area contributed by atoms with Gasteiger partial charge in [-0.05, 0) is 73.7 Å². The number of aryl methyl sites for hydroxylation is 4. The predicted molar refractivity (Wildman–Crippen MR) is 159 cm³/mol. The van der Waals surface area contributed by atoms with Crippen LogP contribution in [0.4, 0.5) is 0 Å². The molecule has 39 heavy (non-hydrogen) atoms. The van der Waals surface area contributed by atoms with Crippen LogP contribution >= 0.6 is 11.3 Å². The first-order chi connectivity index (χ1) is 20.6. The first kappa shape index (κ1) is 21.2. The summed E-state index contributed by atoms with van der Waals surface area (Å²) in [4.78, 5) is 9.87. The number of nitrogens with zero attached hydrogens (tertiary/aromatic N) is 2. The number of pyridine rings is 2. The smallest absolute Gasteiger partial charge is 0.122 e. The van der Waals surface area contributed by atoms with Gasteiger partial charge in [0.1, 0.15) is 5.58 Å². The Balaban J connectivity index is 0.000000230. The van der Waals surface area contributed by atoms with Crippen molar-refractivity contribution >= 4 is 43.4 Å². The number of thiophene rings is 1. The molecule has 4 aromatic heterocycles. The van der Waals surface area contributed by atoms with Gasteiger partial charge in [-0.3, -0.25) is 0 Å². The van der Waals surface area contributed by atoms with Crippen LogP contribution in [0.25, 0.3) is 54.5 Å². The molecular formula is C34H26IrN2OS-2. The molecule has 0 aliphatic carbocycles. The SMILES string of the molecule is Cc1ccc(-c2[c-]cccc2)nc1.[2H]C([2H])c1cc(-c2[c-]ccc3c2oc2ccc4cc(C)sc4c23)ncc1C([2H])([2H])[2H].[Ir]. The summed E-state index contributed by atoms with van der Waals surface area (Å²) in [5.41, 5.74) is 5.63. The van der Waals surface area contributed by atoms with Crippen LogP contribution in [0.1, 0.15) is 28.4 Å². The fraction of sp³-hybridized carbons (Fsp3) is 0.118. The summed E-state index contributed by atoms with van der Waals surface area (Å²) in [5, 5.41) is 3.13. The first-order valence-corrected chi connectivity index (χ1v) is 12.9. The predicted octanol–water partition coefficient (Wildman–Crippen LogP) is 9.44. The standard InChI is InChI=1S/C22H16NOS.C12H10N.Ir/c1-12-9-18(23-11-13(12)2)16-5-4-6-17-20-19(24-21(16)17)8-7-15-10-14(3)25-22(15)20;1-10-7-8-12(13-9-10)11-5-3-2-4-6-11;/h4,6-11H,1-3H3;2-5,7-9H,1H3;/q2*-1;/i1D2,2D3;;. The zero-order valence-corrected chi connectivity index (χ0v) is 24.4. The van der Waals surface area contributed by atoms with E-state index >= 15 is 0 Å². The topological polar surface area (TPSA) is 38.9 Å². The van der Waals surface area contributed by atoms with Crippen molar-refractivity contribution in [2.75, 3.05) is 0 Å². The third kappa shape index (κ3) is 5.31. The third-order valence-corrected chi connectivity index (χ3v) is 7.37. The number of rotatable bonds is 2. The molecule has 0 fully saturated rings. The molecule has 0 N–H and O–H groups in total. The zero-order chi connectivity index (χ0) is 30.3. The number of benzene rings is 3. The second-order valence-electron chi connectivity index (χ2n) is 9.07. The van der Waals surface area contributed by atoms with Gasteiger partial charge < -0.3 is 14.4 Å². The Morgan fingerprint density at radius 2 is 1.77 bits per heavy atom. The van der Waals surface area contributed by atoms with Crippen molar-refractivity contribution in [2.24, 2.45) is 0 Å². The molecule has 7 aromatic rings. The minimum atomic E-state index is -2.43. The van der Waals surface area contributed by atoms with Gasteiger partial charge in [-0.25, -0.2) is 0 Å². The van der Waals surface area contributed by atoms with Crippen molar-refractivity contribution in [3.63, 3.8) is 0 Å². The van der Waals surface area contributed by atoms with E-state index in [4.69, 9.17) is 11.3 Å². The van der Waals surface area contributed by atoms with Gasteiger partial charge in [-0.15, -0.1) is 65.4 Å². The van der Waals surface area contributed by atoms with Gasteiger partial charge in [0.15, 0.2) is 0 Å². The van der Waals surface area contributed by atoms with E-state index in [1.54, 1.807) is 17.4 Å². The fourth-order valence-electron chi connectivity index (χ4n) is 4.43. The number of fused-ring (bicyclic) bond motifs is 5. The summed E-state index contributed by atoms with van der Waals surface area (Å²) in [5.74, 6) is 0. The molecule has 0 atom stereocenters. The van der Waals surface area contributed by atoms with Crippen LogP contribution in [0, 0.1) is 39.7 Å². The second kappa shape index (κ2) is 11.2. The maximum atomic E-state index is 7.80. The molecule has 5 heteroatoms. The van der Waals surface area contributed by atoms with Gasteiger partial charge in [-0.2, -0.15) is 0 Å². The number of hydrogen-bond acceptors (Lipinski definition) is 4. The summed E-state index contributed by atoms with van der Waals surface area (Å²) in [6.45, 7) is 0.240. The zero-order valence-electron chi connectivity index (χ0n) is 26.2. The van der Waals surface area contributed by atoms with E-state index in [2.05, 4.69) is 41.2 Å². The Hall–Kier alpha value is -3.63. The molecule has 0 bridgehead atoms. The van der Waals surface area contributed by atoms with Crippen molar-refractivity contribution < 1.29 is 31.4 Å². The Morgan fingerprint density at radius 1 is 0.872 bits per heavy atom. The summed E-state index contributed by atoms with van der Waals surface area (Å²) >= 11 is 1.72. The molecule has 195 valence electrons. The average Bonchev–Trinajstić information content (AvgIpc) is 3.57. The molecule has 0 spiro atoms. The van der Waals surface area contributed by atoms with Crippen molar-refractivity contribution in [3.8, 4) is 22.5 Å². The van der Waals surface area contributed by atoms with E-state index in [1.807, 2.05) is 61.7 Å². The van der Waals surface area contributed by atoms with Crippen LogP contribution in [0.2, 0.25) is 0 Å². The molecule has 0 saturated carbocycles. The minimum Gasteiger partial charge on any atom is -0.501 e. The van der Waals surface area contributed by atoms with Crippen molar-refractivity contribution in [2.45, 2.75) is 27.6 Å². The van der Waals surface area contributed by atoms with E-state index in [0.29, 0.717) is 16.8 Å². The maximum Gasteiger partial charge on any atom is 0.122 e. The van der Waals surface area contributed by atoms with Crippen LogP contribution in [0.15, 0.2) is 89.6 Å². The van der Waals surface area contributed by atoms with Crippen LogP contribution in [-0.4, -0.2) is 9.97 Å². The van der Waals surface area contributed by atoms with Crippen molar-refractivity contribution in [3.05, 3.63) is 119 Å². The minimum absolute atomic E-state index is 0. The van der Waals surface area contributed by atoms with Gasteiger partial charge in [0, 0.05) is 54.3 Å². The Bertz CT molecular complexity index is 2070. The number of aromatic nitrogens is 2. The molecule has 0 aliphatic rings. The van der Waals surface area contributed by atoms with E-state index in [0.717, 1.165) is 37.7 Å². The van der Waals surface area contributed by atoms with Crippen molar-refractivity contribution in [1.82, 2.24) is 9.97 Å². The molecule has 3 nitrogen and oxygen atoms in total. The molecule has 0 saturated heterocycles. The van der Waals surface area contributed by atoms with Gasteiger partial charge in [0.25, 0.3) is 0 Å². The molecule has 1 radical (unpaired) electrons. The second-order valence-corrected chi connectivity index (χ2v) is 10.3. The van der Waals surface area contributed by atoms with Crippen molar-refractivity contribution in [1.29, 1.82) is 0 Å². The molecule has 3 aromatic carbocycles. The number of hydrogen-bond donors (Lipinski definition) is 0. The summed E-state index contributed by atoms with van der Waals surface area (Å²) in [6, 6.07) is 29.6. The van der Waals surface area contributed by atoms with Gasteiger partial charge in [-0.1, -0.05) is 34.7 Å². The van der Waals surface area contributed by atoms with Gasteiger partial charge in [0.05, 0.1) is 5.58 Å². The molecular weight excluding hydrogens is 677 g/mol. The Kier molecular flexibility index (Phi) is 6.11. The average molecular weight is 708 g/mol. The normalized spacial score (nSPS) is 13.2. The summed E-state index contributed by atoms with van der Waals surface area (Å²) < 4.78 is 45.9.